The molecule has 12 nitrogen and oxygen atoms in total. The van der Waals surface area contributed by atoms with Crippen LogP contribution in [0.5, 0.6) is 23.0 Å². The Hall–Kier alpha value is -4.65. The van der Waals surface area contributed by atoms with Gasteiger partial charge in [-0.25, -0.2) is 9.37 Å². The Morgan fingerprint density at radius 3 is 2.29 bits per heavy atom. The van der Waals surface area contributed by atoms with Gasteiger partial charge in [-0.1, -0.05) is 12.1 Å². The SMILES string of the molecule is COc1c(C(=O)N2CCN(CCCNC(=O)c3cc(O)c(O)c(O)c3)CC2)nc(Cc2ccc(F)cc2)n(C)c1=O. The number of piperazine rings is 1. The third kappa shape index (κ3) is 6.74. The highest BCUT2D eigenvalue weighted by atomic mass is 19.1. The maximum atomic E-state index is 13.4. The number of aromatic nitrogens is 2. The van der Waals surface area contributed by atoms with E-state index in [1.54, 1.807) is 24.1 Å². The predicted molar refractivity (Wildman–Crippen MR) is 146 cm³/mol. The molecule has 1 aliphatic heterocycles. The monoisotopic (exact) mass is 569 g/mol. The number of nitrogens with one attached hydrogen (secondary N) is 1. The number of phenols is 3. The maximum absolute atomic E-state index is 13.4. The third-order valence-corrected chi connectivity index (χ3v) is 6.95. The summed E-state index contributed by atoms with van der Waals surface area (Å²) in [7, 11) is 2.86. The summed E-state index contributed by atoms with van der Waals surface area (Å²) in [6.45, 7) is 2.97. The lowest BCUT2D eigenvalue weighted by molar-refractivity contribution is 0.0624. The van der Waals surface area contributed by atoms with Gasteiger partial charge in [0, 0.05) is 51.8 Å². The number of hydrogen-bond acceptors (Lipinski definition) is 9. The van der Waals surface area contributed by atoms with Gasteiger partial charge in [-0.3, -0.25) is 23.9 Å². The summed E-state index contributed by atoms with van der Waals surface area (Å²) in [5.74, 6) is -2.92. The van der Waals surface area contributed by atoms with Crippen molar-refractivity contribution < 1.29 is 34.0 Å². The van der Waals surface area contributed by atoms with Crippen molar-refractivity contribution in [3.05, 3.63) is 75.2 Å². The zero-order chi connectivity index (χ0) is 29.7. The second-order valence-electron chi connectivity index (χ2n) is 9.68. The number of nitrogens with zero attached hydrogens (tertiary/aromatic N) is 4. The number of amides is 2. The highest BCUT2D eigenvalue weighted by molar-refractivity contribution is 5.95. The fourth-order valence-electron chi connectivity index (χ4n) is 4.56. The normalized spacial score (nSPS) is 13.7. The van der Waals surface area contributed by atoms with Crippen molar-refractivity contribution in [1.82, 2.24) is 24.7 Å². The first-order valence-corrected chi connectivity index (χ1v) is 13.0. The standard InChI is InChI=1S/C28H32FN5O7/c1-32-22(14-17-4-6-19(29)7-5-17)31-23(25(41-2)28(32)40)27(39)34-12-10-33(11-13-34)9-3-8-30-26(38)18-15-20(35)24(37)21(36)16-18/h4-7,15-16,35-37H,3,8-14H2,1-2H3,(H,30,38). The summed E-state index contributed by atoms with van der Waals surface area (Å²) < 4.78 is 19.9. The minimum absolute atomic E-state index is 0.0190. The summed E-state index contributed by atoms with van der Waals surface area (Å²) in [5.41, 5.74) is 0.212. The Morgan fingerprint density at radius 1 is 1.05 bits per heavy atom. The van der Waals surface area contributed by atoms with Gasteiger partial charge in [0.1, 0.15) is 11.6 Å². The highest BCUT2D eigenvalue weighted by Crippen LogP contribution is 2.35. The van der Waals surface area contributed by atoms with Crippen LogP contribution in [-0.2, 0) is 13.5 Å². The third-order valence-electron chi connectivity index (χ3n) is 6.95. The molecule has 4 N–H and O–H groups in total. The number of benzene rings is 2. The van der Waals surface area contributed by atoms with Gasteiger partial charge in [0.05, 0.1) is 7.11 Å². The molecule has 13 heteroatoms. The molecule has 2 heterocycles. The maximum Gasteiger partial charge on any atom is 0.296 e. The van der Waals surface area contributed by atoms with Crippen LogP contribution in [0, 0.1) is 5.82 Å². The zero-order valence-corrected chi connectivity index (χ0v) is 22.8. The summed E-state index contributed by atoms with van der Waals surface area (Å²) >= 11 is 0. The van der Waals surface area contributed by atoms with Gasteiger partial charge in [-0.15, -0.1) is 0 Å². The average Bonchev–Trinajstić information content (AvgIpc) is 2.97. The summed E-state index contributed by atoms with van der Waals surface area (Å²) in [6.07, 6.45) is 0.849. The number of rotatable bonds is 9. The van der Waals surface area contributed by atoms with Crippen molar-refractivity contribution >= 4 is 11.8 Å². The molecule has 0 atom stereocenters. The van der Waals surface area contributed by atoms with Crippen LogP contribution in [0.1, 0.15) is 38.7 Å². The van der Waals surface area contributed by atoms with Crippen molar-refractivity contribution in [1.29, 1.82) is 0 Å². The molecule has 0 saturated carbocycles. The van der Waals surface area contributed by atoms with Gasteiger partial charge in [-0.05, 0) is 42.8 Å². The van der Waals surface area contributed by atoms with E-state index in [1.165, 1.54) is 23.8 Å². The first kappa shape index (κ1) is 29.3. The van der Waals surface area contributed by atoms with Crippen LogP contribution in [-0.4, -0.2) is 92.9 Å². The van der Waals surface area contributed by atoms with Crippen molar-refractivity contribution in [2.24, 2.45) is 7.05 Å². The number of hydrogen-bond donors (Lipinski definition) is 4. The van der Waals surface area contributed by atoms with Crippen LogP contribution >= 0.6 is 0 Å². The lowest BCUT2D eigenvalue weighted by Gasteiger charge is -2.34. The minimum Gasteiger partial charge on any atom is -0.504 e. The van der Waals surface area contributed by atoms with Crippen molar-refractivity contribution in [3.8, 4) is 23.0 Å². The van der Waals surface area contributed by atoms with Gasteiger partial charge < -0.3 is 30.3 Å². The van der Waals surface area contributed by atoms with E-state index in [1.807, 2.05) is 0 Å². The van der Waals surface area contributed by atoms with Gasteiger partial charge >= 0.3 is 0 Å². The molecule has 1 fully saturated rings. The van der Waals surface area contributed by atoms with Crippen LogP contribution in [0.15, 0.2) is 41.2 Å². The van der Waals surface area contributed by atoms with E-state index >= 15 is 0 Å². The van der Waals surface area contributed by atoms with Gasteiger partial charge in [0.2, 0.25) is 5.75 Å². The molecule has 1 saturated heterocycles. The fourth-order valence-corrected chi connectivity index (χ4v) is 4.56. The molecular weight excluding hydrogens is 537 g/mol. The van der Waals surface area contributed by atoms with E-state index in [2.05, 4.69) is 15.2 Å². The number of methoxy groups -OCH3 is 1. The molecule has 0 bridgehead atoms. The zero-order valence-electron chi connectivity index (χ0n) is 22.8. The van der Waals surface area contributed by atoms with E-state index in [4.69, 9.17) is 4.74 Å². The topological polar surface area (TPSA) is 157 Å². The Morgan fingerprint density at radius 2 is 1.68 bits per heavy atom. The first-order valence-electron chi connectivity index (χ1n) is 13.0. The predicted octanol–water partition coefficient (Wildman–Crippen LogP) is 1.21. The van der Waals surface area contributed by atoms with Gasteiger partial charge in [-0.2, -0.15) is 0 Å². The molecule has 0 aliphatic carbocycles. The number of halogens is 1. The van der Waals surface area contributed by atoms with Gasteiger partial charge in [0.25, 0.3) is 17.4 Å². The molecule has 1 aromatic heterocycles. The molecule has 2 amide bonds. The molecule has 2 aromatic carbocycles. The molecule has 218 valence electrons. The van der Waals surface area contributed by atoms with Crippen LogP contribution in [0.2, 0.25) is 0 Å². The first-order chi connectivity index (χ1) is 19.6. The largest absolute Gasteiger partial charge is 0.504 e. The van der Waals surface area contributed by atoms with E-state index in [9.17, 15) is 34.1 Å². The Bertz CT molecular complexity index is 1460. The second-order valence-corrected chi connectivity index (χ2v) is 9.68. The lowest BCUT2D eigenvalue weighted by Crippen LogP contribution is -2.49. The molecular formula is C28H32FN5O7. The summed E-state index contributed by atoms with van der Waals surface area (Å²) in [6, 6.07) is 7.98. The summed E-state index contributed by atoms with van der Waals surface area (Å²) in [5, 5.41) is 31.3. The number of phenolic OH excluding ortho intramolecular Hbond substituents is 3. The van der Waals surface area contributed by atoms with E-state index < -0.39 is 34.6 Å². The number of carbonyl (C=O) groups excluding carboxylic acids is 2. The second kappa shape index (κ2) is 12.7. The number of ether oxygens (including phenoxy) is 1. The Labute approximate surface area is 235 Å². The summed E-state index contributed by atoms with van der Waals surface area (Å²) in [4.78, 5) is 46.9. The van der Waals surface area contributed by atoms with Crippen LogP contribution in [0.3, 0.4) is 0 Å². The number of carbonyl (C=O) groups is 2. The fraction of sp³-hybridized carbons (Fsp3) is 0.357. The van der Waals surface area contributed by atoms with E-state index in [0.29, 0.717) is 51.5 Å². The van der Waals surface area contributed by atoms with E-state index in [0.717, 1.165) is 17.7 Å². The van der Waals surface area contributed by atoms with Gasteiger partial charge in [0.15, 0.2) is 22.9 Å². The molecule has 41 heavy (non-hydrogen) atoms. The van der Waals surface area contributed by atoms with Crippen molar-refractivity contribution in [2.75, 3.05) is 46.4 Å². The average molecular weight is 570 g/mol. The molecule has 0 unspecified atom stereocenters. The van der Waals surface area contributed by atoms with Crippen molar-refractivity contribution in [3.63, 3.8) is 0 Å². The Kier molecular flexibility index (Phi) is 9.07. The molecule has 3 aromatic rings. The number of aromatic hydroxyl groups is 3. The molecule has 0 spiro atoms. The van der Waals surface area contributed by atoms with Crippen LogP contribution in [0.4, 0.5) is 4.39 Å². The smallest absolute Gasteiger partial charge is 0.296 e. The quantitative estimate of drug-likeness (QED) is 0.220. The van der Waals surface area contributed by atoms with Crippen molar-refractivity contribution in [2.45, 2.75) is 12.8 Å². The molecule has 4 rings (SSSR count). The highest BCUT2D eigenvalue weighted by Gasteiger charge is 2.28. The molecule has 1 aliphatic rings. The van der Waals surface area contributed by atoms with Crippen LogP contribution < -0.4 is 15.6 Å². The Balaban J connectivity index is 1.32. The lowest BCUT2D eigenvalue weighted by atomic mass is 10.1. The van der Waals surface area contributed by atoms with E-state index in [-0.39, 0.29) is 29.2 Å². The molecule has 0 radical (unpaired) electrons. The van der Waals surface area contributed by atoms with Crippen LogP contribution in [0.25, 0.3) is 0 Å². The minimum atomic E-state index is -0.687.